The number of aliphatic hydroxyl groups is 1. The molecule has 0 saturated heterocycles. The van der Waals surface area contributed by atoms with E-state index in [2.05, 4.69) is 25.7 Å². The van der Waals surface area contributed by atoms with Gasteiger partial charge in [0.05, 0.1) is 35.8 Å². The minimum atomic E-state index is -0.843. The molecule has 2 aromatic heterocycles. The molecule has 1 aliphatic heterocycles. The van der Waals surface area contributed by atoms with Gasteiger partial charge in [-0.3, -0.25) is 14.3 Å². The predicted octanol–water partition coefficient (Wildman–Crippen LogP) is 3.92. The molecule has 4 aromatic rings. The lowest BCUT2D eigenvalue weighted by molar-refractivity contribution is -0.126. The van der Waals surface area contributed by atoms with Crippen LogP contribution in [0.3, 0.4) is 0 Å². The summed E-state index contributed by atoms with van der Waals surface area (Å²) < 4.78 is 15.5. The Bertz CT molecular complexity index is 1590. The highest BCUT2D eigenvalue weighted by Crippen LogP contribution is 2.32. The summed E-state index contributed by atoms with van der Waals surface area (Å²) in [6, 6.07) is 9.78. The van der Waals surface area contributed by atoms with Gasteiger partial charge in [0.2, 0.25) is 11.9 Å². The van der Waals surface area contributed by atoms with Crippen LogP contribution in [0.2, 0.25) is 5.02 Å². The van der Waals surface area contributed by atoms with Crippen molar-refractivity contribution in [1.82, 2.24) is 30.0 Å². The second kappa shape index (κ2) is 11.0. The van der Waals surface area contributed by atoms with Gasteiger partial charge in [0.15, 0.2) is 0 Å². The van der Waals surface area contributed by atoms with Gasteiger partial charge in [-0.25, -0.2) is 14.4 Å². The third kappa shape index (κ3) is 5.38. The molecule has 1 aliphatic rings. The second-order valence-electron chi connectivity index (χ2n) is 9.64. The van der Waals surface area contributed by atoms with Gasteiger partial charge >= 0.3 is 0 Å². The maximum atomic E-state index is 13.9. The number of halogens is 2. The number of aromatic nitrogens is 4. The van der Waals surface area contributed by atoms with Gasteiger partial charge in [-0.1, -0.05) is 29.8 Å². The summed E-state index contributed by atoms with van der Waals surface area (Å²) in [6.45, 7) is 3.16. The van der Waals surface area contributed by atoms with E-state index in [0.717, 1.165) is 5.56 Å². The number of carbonyl (C=O) groups is 2. The van der Waals surface area contributed by atoms with E-state index in [0.29, 0.717) is 44.7 Å². The summed E-state index contributed by atoms with van der Waals surface area (Å²) >= 11 is 6.42. The number of rotatable bonds is 8. The Morgan fingerprint density at radius 1 is 1.23 bits per heavy atom. The first kappa shape index (κ1) is 27.2. The molecule has 2 amide bonds. The van der Waals surface area contributed by atoms with Crippen molar-refractivity contribution in [2.45, 2.75) is 32.5 Å². The van der Waals surface area contributed by atoms with Crippen LogP contribution in [-0.2, 0) is 18.4 Å². The van der Waals surface area contributed by atoms with E-state index in [1.54, 1.807) is 50.0 Å². The first-order valence-corrected chi connectivity index (χ1v) is 12.9. The zero-order chi connectivity index (χ0) is 28.6. The van der Waals surface area contributed by atoms with Crippen LogP contribution in [0.25, 0.3) is 11.3 Å². The van der Waals surface area contributed by atoms with Gasteiger partial charge in [-0.2, -0.15) is 5.10 Å². The Morgan fingerprint density at radius 2 is 2.02 bits per heavy atom. The molecule has 0 saturated carbocycles. The van der Waals surface area contributed by atoms with Crippen LogP contribution in [0.4, 0.5) is 16.2 Å². The summed E-state index contributed by atoms with van der Waals surface area (Å²) in [4.78, 5) is 36.7. The van der Waals surface area contributed by atoms with Crippen molar-refractivity contribution in [3.8, 4) is 11.3 Å². The van der Waals surface area contributed by atoms with Crippen LogP contribution in [0.15, 0.2) is 54.9 Å². The Kier molecular flexibility index (Phi) is 7.51. The normalized spacial score (nSPS) is 14.2. The average Bonchev–Trinajstić information content (AvgIpc) is 3.48. The number of hydrogen-bond donors (Lipinski definition) is 3. The molecule has 3 N–H and O–H groups in total. The van der Waals surface area contributed by atoms with E-state index in [9.17, 15) is 19.1 Å². The highest BCUT2D eigenvalue weighted by Gasteiger charge is 2.35. The van der Waals surface area contributed by atoms with Crippen molar-refractivity contribution in [3.05, 3.63) is 88.0 Å². The zero-order valence-corrected chi connectivity index (χ0v) is 22.8. The molecule has 40 heavy (non-hydrogen) atoms. The summed E-state index contributed by atoms with van der Waals surface area (Å²) in [5, 5.41) is 20.1. The molecule has 0 radical (unpaired) electrons. The molecular formula is C28H27ClFN7O3. The molecule has 0 unspecified atom stereocenters. The maximum absolute atomic E-state index is 13.9. The molecule has 0 spiro atoms. The summed E-state index contributed by atoms with van der Waals surface area (Å²) in [5.41, 5.74) is 3.37. The Morgan fingerprint density at radius 3 is 2.73 bits per heavy atom. The SMILES string of the molecule is Cc1cc(F)cc([C@@H](CO)NC(=O)[C@@H](C)N2Cc3ccc(-c4nc(Nc5ccnn5C)ncc4Cl)cc3C2=O)c1. The molecule has 2 aromatic carbocycles. The highest BCUT2D eigenvalue weighted by molar-refractivity contribution is 6.33. The quantitative estimate of drug-likeness (QED) is 0.297. The molecule has 0 bridgehead atoms. The maximum Gasteiger partial charge on any atom is 0.255 e. The molecule has 5 rings (SSSR count). The lowest BCUT2D eigenvalue weighted by Crippen LogP contribution is -2.46. The standard InChI is InChI=1S/C28H27ClFN7O3/c1-15-8-19(10-20(30)9-15)23(14-38)33-26(39)16(2)37-13-18-5-4-17(11-21(18)27(37)40)25-22(29)12-31-28(35-25)34-24-6-7-32-36(24)3/h4-12,16,23,38H,13-14H2,1-3H3,(H,33,39)(H,31,34,35)/t16-,23-/m1/s1. The number of aliphatic hydroxyl groups excluding tert-OH is 1. The molecule has 10 nitrogen and oxygen atoms in total. The number of anilines is 2. The van der Waals surface area contributed by atoms with Crippen molar-refractivity contribution in [3.63, 3.8) is 0 Å². The number of aryl methyl sites for hydroxylation is 2. The third-order valence-corrected chi connectivity index (χ3v) is 7.11. The summed E-state index contributed by atoms with van der Waals surface area (Å²) in [5.74, 6) is -0.238. The number of fused-ring (bicyclic) bond motifs is 1. The number of carbonyl (C=O) groups excluding carboxylic acids is 2. The minimum absolute atomic E-state index is 0.233. The zero-order valence-electron chi connectivity index (χ0n) is 22.0. The molecule has 0 aliphatic carbocycles. The van der Waals surface area contributed by atoms with Crippen LogP contribution in [0.5, 0.6) is 0 Å². The van der Waals surface area contributed by atoms with E-state index in [4.69, 9.17) is 11.6 Å². The van der Waals surface area contributed by atoms with Crippen molar-refractivity contribution in [2.75, 3.05) is 11.9 Å². The number of amides is 2. The molecule has 2 atom stereocenters. The van der Waals surface area contributed by atoms with E-state index in [1.807, 2.05) is 12.1 Å². The van der Waals surface area contributed by atoms with Crippen molar-refractivity contribution >= 4 is 35.2 Å². The Hall–Kier alpha value is -4.35. The fraction of sp³-hybridized carbons (Fsp3) is 0.250. The number of nitrogens with zero attached hydrogens (tertiary/aromatic N) is 5. The van der Waals surface area contributed by atoms with Crippen LogP contribution in [0, 0.1) is 12.7 Å². The van der Waals surface area contributed by atoms with E-state index < -0.39 is 30.4 Å². The van der Waals surface area contributed by atoms with E-state index >= 15 is 0 Å². The fourth-order valence-electron chi connectivity index (χ4n) is 4.66. The van der Waals surface area contributed by atoms with Crippen LogP contribution < -0.4 is 10.6 Å². The molecular weight excluding hydrogens is 537 g/mol. The topological polar surface area (TPSA) is 125 Å². The van der Waals surface area contributed by atoms with Gasteiger partial charge in [0, 0.05) is 30.8 Å². The van der Waals surface area contributed by atoms with Crippen LogP contribution in [-0.4, -0.2) is 54.2 Å². The Labute approximate surface area is 234 Å². The summed E-state index contributed by atoms with van der Waals surface area (Å²) in [6.07, 6.45) is 3.12. The smallest absolute Gasteiger partial charge is 0.255 e. The molecule has 12 heteroatoms. The van der Waals surface area contributed by atoms with Crippen molar-refractivity contribution < 1.29 is 19.1 Å². The van der Waals surface area contributed by atoms with Gasteiger partial charge < -0.3 is 20.6 Å². The first-order chi connectivity index (χ1) is 19.1. The van der Waals surface area contributed by atoms with Crippen molar-refractivity contribution in [1.29, 1.82) is 0 Å². The first-order valence-electron chi connectivity index (χ1n) is 12.5. The highest BCUT2D eigenvalue weighted by atomic mass is 35.5. The van der Waals surface area contributed by atoms with E-state index in [1.165, 1.54) is 23.2 Å². The number of nitrogens with one attached hydrogen (secondary N) is 2. The molecule has 206 valence electrons. The van der Waals surface area contributed by atoms with Gasteiger partial charge in [-0.15, -0.1) is 0 Å². The minimum Gasteiger partial charge on any atom is -0.394 e. The molecule has 3 heterocycles. The largest absolute Gasteiger partial charge is 0.394 e. The third-order valence-electron chi connectivity index (χ3n) is 6.83. The summed E-state index contributed by atoms with van der Waals surface area (Å²) in [7, 11) is 1.78. The lowest BCUT2D eigenvalue weighted by atomic mass is 10.0. The predicted molar refractivity (Wildman–Crippen MR) is 147 cm³/mol. The van der Waals surface area contributed by atoms with Gasteiger partial charge in [0.1, 0.15) is 17.7 Å². The fourth-order valence-corrected chi connectivity index (χ4v) is 4.86. The lowest BCUT2D eigenvalue weighted by Gasteiger charge is -2.26. The van der Waals surface area contributed by atoms with Crippen LogP contribution >= 0.6 is 11.6 Å². The van der Waals surface area contributed by atoms with E-state index in [-0.39, 0.29) is 12.5 Å². The number of benzene rings is 2. The number of hydrogen-bond acceptors (Lipinski definition) is 7. The van der Waals surface area contributed by atoms with Gasteiger partial charge in [-0.05, 0) is 48.7 Å². The Balaban J connectivity index is 1.34. The molecule has 0 fully saturated rings. The van der Waals surface area contributed by atoms with Gasteiger partial charge in [0.25, 0.3) is 5.91 Å². The van der Waals surface area contributed by atoms with Crippen molar-refractivity contribution in [2.24, 2.45) is 7.05 Å². The second-order valence-corrected chi connectivity index (χ2v) is 10.0. The monoisotopic (exact) mass is 563 g/mol. The van der Waals surface area contributed by atoms with Crippen LogP contribution in [0.1, 0.15) is 40.0 Å². The average molecular weight is 564 g/mol.